The van der Waals surface area contributed by atoms with E-state index in [-0.39, 0.29) is 5.78 Å². The number of unbranched alkanes of at least 4 members (excludes halogenated alkanes) is 3. The minimum atomic E-state index is 0.164. The summed E-state index contributed by atoms with van der Waals surface area (Å²) in [6, 6.07) is 18.0. The van der Waals surface area contributed by atoms with Crippen LogP contribution >= 0.6 is 0 Å². The van der Waals surface area contributed by atoms with E-state index in [1.807, 2.05) is 42.5 Å². The van der Waals surface area contributed by atoms with Crippen molar-refractivity contribution < 1.29 is 9.53 Å². The maximum atomic E-state index is 12.9. The number of hydrogen-bond donors (Lipinski definition) is 0. The van der Waals surface area contributed by atoms with Crippen LogP contribution in [0.3, 0.4) is 0 Å². The Morgan fingerprint density at radius 2 is 1.93 bits per heavy atom. The van der Waals surface area contributed by atoms with Crippen molar-refractivity contribution in [2.75, 3.05) is 0 Å². The first-order chi connectivity index (χ1) is 14.2. The molecular weight excluding hydrogens is 358 g/mol. The van der Waals surface area contributed by atoms with E-state index in [9.17, 15) is 4.79 Å². The van der Waals surface area contributed by atoms with Gasteiger partial charge in [0.2, 0.25) is 0 Å². The van der Waals surface area contributed by atoms with Crippen molar-refractivity contribution in [3.63, 3.8) is 0 Å². The van der Waals surface area contributed by atoms with E-state index >= 15 is 0 Å². The van der Waals surface area contributed by atoms with Crippen LogP contribution in [0.1, 0.15) is 60.6 Å². The molecule has 0 unspecified atom stereocenters. The number of pyridine rings is 1. The van der Waals surface area contributed by atoms with Crippen LogP contribution in [-0.2, 0) is 13.0 Å². The van der Waals surface area contributed by atoms with Crippen LogP contribution in [0.4, 0.5) is 0 Å². The molecule has 0 saturated heterocycles. The summed E-state index contributed by atoms with van der Waals surface area (Å²) in [6.07, 6.45) is 8.48. The van der Waals surface area contributed by atoms with Gasteiger partial charge in [0.05, 0.1) is 11.2 Å². The number of fused-ring (bicyclic) bond motifs is 2. The third-order valence-electron chi connectivity index (χ3n) is 5.52. The monoisotopic (exact) mass is 385 g/mol. The van der Waals surface area contributed by atoms with E-state index in [1.54, 1.807) is 0 Å². The van der Waals surface area contributed by atoms with Crippen molar-refractivity contribution in [2.45, 2.75) is 52.1 Å². The molecule has 1 aromatic heterocycles. The zero-order valence-corrected chi connectivity index (χ0v) is 17.0. The molecule has 3 aromatic rings. The first kappa shape index (κ1) is 19.4. The molecule has 1 heterocycles. The fourth-order valence-electron chi connectivity index (χ4n) is 3.84. The number of para-hydroxylation sites is 1. The van der Waals surface area contributed by atoms with Gasteiger partial charge < -0.3 is 4.74 Å². The highest BCUT2D eigenvalue weighted by atomic mass is 16.5. The molecule has 0 saturated carbocycles. The third-order valence-corrected chi connectivity index (χ3v) is 5.52. The molecule has 0 bridgehead atoms. The predicted octanol–water partition coefficient (Wildman–Crippen LogP) is 6.45. The number of aryl methyl sites for hydroxylation is 1. The van der Waals surface area contributed by atoms with Crippen LogP contribution < -0.4 is 4.74 Å². The average Bonchev–Trinajstić information content (AvgIpc) is 2.76. The molecule has 0 fully saturated rings. The zero-order valence-electron chi connectivity index (χ0n) is 17.0. The van der Waals surface area contributed by atoms with E-state index < -0.39 is 0 Å². The summed E-state index contributed by atoms with van der Waals surface area (Å²) in [5.41, 5.74) is 4.72. The lowest BCUT2D eigenvalue weighted by Gasteiger charge is -2.18. The Morgan fingerprint density at radius 3 is 2.83 bits per heavy atom. The standard InChI is InChI=1S/C26H27NO2/c1-2-3-4-5-9-21-12-11-19-14-16-23(17-24(19)26(21)28)29-18-22-15-13-20-8-6-7-10-25(20)27-22/h6-10,13-17H,2-5,11-12,18H2,1H3. The number of carbonyl (C=O) groups excluding carboxylic acids is 1. The second-order valence-corrected chi connectivity index (χ2v) is 7.66. The Morgan fingerprint density at radius 1 is 1.03 bits per heavy atom. The molecule has 0 atom stereocenters. The van der Waals surface area contributed by atoms with Crippen molar-refractivity contribution in [2.24, 2.45) is 0 Å². The highest BCUT2D eigenvalue weighted by Gasteiger charge is 2.22. The minimum absolute atomic E-state index is 0.164. The van der Waals surface area contributed by atoms with Gasteiger partial charge in [0.1, 0.15) is 12.4 Å². The van der Waals surface area contributed by atoms with Gasteiger partial charge in [-0.1, -0.05) is 56.2 Å². The molecule has 0 amide bonds. The second-order valence-electron chi connectivity index (χ2n) is 7.66. The average molecular weight is 386 g/mol. The minimum Gasteiger partial charge on any atom is -0.487 e. The van der Waals surface area contributed by atoms with Gasteiger partial charge in [0.25, 0.3) is 0 Å². The second kappa shape index (κ2) is 9.04. The molecule has 2 aromatic carbocycles. The number of allylic oxidation sites excluding steroid dienone is 2. The van der Waals surface area contributed by atoms with Crippen LogP contribution in [-0.4, -0.2) is 10.8 Å². The molecule has 1 aliphatic rings. The summed E-state index contributed by atoms with van der Waals surface area (Å²) < 4.78 is 5.97. The van der Waals surface area contributed by atoms with E-state index in [1.165, 1.54) is 12.8 Å². The molecule has 3 heteroatoms. The Balaban J connectivity index is 1.46. The molecule has 0 aliphatic heterocycles. The van der Waals surface area contributed by atoms with Gasteiger partial charge in [-0.05, 0) is 61.1 Å². The molecule has 0 radical (unpaired) electrons. The van der Waals surface area contributed by atoms with Crippen molar-refractivity contribution in [3.8, 4) is 5.75 Å². The maximum absolute atomic E-state index is 12.9. The number of rotatable bonds is 7. The summed E-state index contributed by atoms with van der Waals surface area (Å²) in [7, 11) is 0. The first-order valence-corrected chi connectivity index (χ1v) is 10.6. The fourth-order valence-corrected chi connectivity index (χ4v) is 3.84. The quantitative estimate of drug-likeness (QED) is 0.346. The Kier molecular flexibility index (Phi) is 6.04. The van der Waals surface area contributed by atoms with E-state index in [4.69, 9.17) is 4.74 Å². The lowest BCUT2D eigenvalue weighted by atomic mass is 9.86. The van der Waals surface area contributed by atoms with Crippen molar-refractivity contribution in [1.82, 2.24) is 4.98 Å². The Hall–Kier alpha value is -2.94. The molecule has 0 spiro atoms. The van der Waals surface area contributed by atoms with Crippen molar-refractivity contribution >= 4 is 16.7 Å². The molecule has 148 valence electrons. The van der Waals surface area contributed by atoms with E-state index in [2.05, 4.69) is 30.1 Å². The van der Waals surface area contributed by atoms with Crippen LogP contribution in [0.25, 0.3) is 10.9 Å². The number of aromatic nitrogens is 1. The van der Waals surface area contributed by atoms with Crippen LogP contribution in [0.2, 0.25) is 0 Å². The summed E-state index contributed by atoms with van der Waals surface area (Å²) in [6.45, 7) is 2.58. The number of benzene rings is 2. The van der Waals surface area contributed by atoms with Crippen molar-refractivity contribution in [1.29, 1.82) is 0 Å². The number of carbonyl (C=O) groups is 1. The van der Waals surface area contributed by atoms with Gasteiger partial charge in [-0.25, -0.2) is 4.98 Å². The molecule has 4 rings (SSSR count). The van der Waals surface area contributed by atoms with Gasteiger partial charge in [-0.15, -0.1) is 0 Å². The van der Waals surface area contributed by atoms with Gasteiger partial charge in [0, 0.05) is 10.9 Å². The highest BCUT2D eigenvalue weighted by molar-refractivity contribution is 6.10. The SMILES string of the molecule is CCCCCC=C1CCc2ccc(OCc3ccc4ccccc4n3)cc2C1=O. The zero-order chi connectivity index (χ0) is 20.1. The van der Waals surface area contributed by atoms with Crippen LogP contribution in [0, 0.1) is 0 Å². The number of hydrogen-bond acceptors (Lipinski definition) is 3. The van der Waals surface area contributed by atoms with Gasteiger partial charge >= 0.3 is 0 Å². The predicted molar refractivity (Wildman–Crippen MR) is 117 cm³/mol. The topological polar surface area (TPSA) is 39.2 Å². The lowest BCUT2D eigenvalue weighted by Crippen LogP contribution is -2.14. The third kappa shape index (κ3) is 4.56. The smallest absolute Gasteiger partial charge is 0.189 e. The number of ether oxygens (including phenoxy) is 1. The molecule has 0 N–H and O–H groups in total. The molecule has 3 nitrogen and oxygen atoms in total. The molecular formula is C26H27NO2. The fraction of sp³-hybridized carbons (Fsp3) is 0.308. The largest absolute Gasteiger partial charge is 0.487 e. The number of nitrogens with zero attached hydrogens (tertiary/aromatic N) is 1. The normalized spacial score (nSPS) is 14.9. The molecule has 1 aliphatic carbocycles. The van der Waals surface area contributed by atoms with E-state index in [0.29, 0.717) is 6.61 Å². The summed E-state index contributed by atoms with van der Waals surface area (Å²) in [5, 5.41) is 1.12. The summed E-state index contributed by atoms with van der Waals surface area (Å²) in [5.74, 6) is 0.885. The Bertz CT molecular complexity index is 1050. The highest BCUT2D eigenvalue weighted by Crippen LogP contribution is 2.29. The Labute approximate surface area is 172 Å². The van der Waals surface area contributed by atoms with E-state index in [0.717, 1.165) is 64.7 Å². The lowest BCUT2D eigenvalue weighted by molar-refractivity contribution is 0.102. The molecule has 29 heavy (non-hydrogen) atoms. The van der Waals surface area contributed by atoms with Gasteiger partial charge in [-0.3, -0.25) is 4.79 Å². The summed E-state index contributed by atoms with van der Waals surface area (Å²) >= 11 is 0. The van der Waals surface area contributed by atoms with Crippen molar-refractivity contribution in [3.05, 3.63) is 83.1 Å². The number of Topliss-reactive ketones (excluding diaryl/α,β-unsaturated/α-hetero) is 1. The van der Waals surface area contributed by atoms with Crippen LogP contribution in [0.15, 0.2) is 66.2 Å². The first-order valence-electron chi connectivity index (χ1n) is 10.6. The summed E-state index contributed by atoms with van der Waals surface area (Å²) in [4.78, 5) is 17.6. The van der Waals surface area contributed by atoms with Gasteiger partial charge in [0.15, 0.2) is 5.78 Å². The number of ketones is 1. The van der Waals surface area contributed by atoms with Gasteiger partial charge in [-0.2, -0.15) is 0 Å². The maximum Gasteiger partial charge on any atom is 0.189 e. The van der Waals surface area contributed by atoms with Crippen LogP contribution in [0.5, 0.6) is 5.75 Å².